The van der Waals surface area contributed by atoms with Crippen LogP contribution in [0.15, 0.2) is 48.0 Å². The summed E-state index contributed by atoms with van der Waals surface area (Å²) >= 11 is 6.53. The van der Waals surface area contributed by atoms with Gasteiger partial charge in [-0.25, -0.2) is 0 Å². The number of fused-ring (bicyclic) bond motifs is 1. The summed E-state index contributed by atoms with van der Waals surface area (Å²) in [6.45, 7) is 8.80. The Balaban J connectivity index is 1.90. The predicted octanol–water partition coefficient (Wildman–Crippen LogP) is 5.92. The molecule has 0 saturated heterocycles. The summed E-state index contributed by atoms with van der Waals surface area (Å²) in [5, 5.41) is 12.8. The van der Waals surface area contributed by atoms with Gasteiger partial charge in [0.1, 0.15) is 17.4 Å². The second-order valence-corrected chi connectivity index (χ2v) is 8.42. The van der Waals surface area contributed by atoms with Crippen molar-refractivity contribution in [2.24, 2.45) is 0 Å². The third kappa shape index (κ3) is 4.76. The third-order valence-electron chi connectivity index (χ3n) is 5.42. The second kappa shape index (κ2) is 8.87. The molecule has 0 fully saturated rings. The molecule has 3 rings (SSSR count). The average molecular weight is 436 g/mol. The van der Waals surface area contributed by atoms with E-state index in [9.17, 15) is 10.1 Å². The smallest absolute Gasteiger partial charge is 0.266 e. The Labute approximate surface area is 188 Å². The summed E-state index contributed by atoms with van der Waals surface area (Å²) in [5.41, 5.74) is 4.22. The van der Waals surface area contributed by atoms with Gasteiger partial charge < -0.3 is 15.0 Å². The van der Waals surface area contributed by atoms with Crippen LogP contribution in [0, 0.1) is 11.3 Å². The van der Waals surface area contributed by atoms with Crippen LogP contribution in [0.3, 0.4) is 0 Å². The molecule has 1 aliphatic heterocycles. The van der Waals surface area contributed by atoms with Crippen LogP contribution in [-0.4, -0.2) is 25.1 Å². The topological polar surface area (TPSA) is 65.4 Å². The largest absolute Gasteiger partial charge is 0.494 e. The number of carbonyl (C=O) groups is 1. The number of ether oxygens (including phenoxy) is 1. The van der Waals surface area contributed by atoms with Crippen LogP contribution in [0.4, 0.5) is 11.4 Å². The minimum absolute atomic E-state index is 0.0261. The highest BCUT2D eigenvalue weighted by atomic mass is 35.5. The van der Waals surface area contributed by atoms with E-state index in [1.165, 1.54) is 6.08 Å². The van der Waals surface area contributed by atoms with E-state index in [1.807, 2.05) is 32.2 Å². The number of allylic oxidation sites excluding steroid dienone is 1. The fourth-order valence-corrected chi connectivity index (χ4v) is 3.81. The van der Waals surface area contributed by atoms with Crippen molar-refractivity contribution in [2.75, 3.05) is 23.9 Å². The number of anilines is 2. The lowest BCUT2D eigenvalue weighted by molar-refractivity contribution is -0.112. The van der Waals surface area contributed by atoms with Gasteiger partial charge in [-0.3, -0.25) is 4.79 Å². The van der Waals surface area contributed by atoms with Crippen molar-refractivity contribution in [1.29, 1.82) is 5.26 Å². The summed E-state index contributed by atoms with van der Waals surface area (Å²) in [6.07, 6.45) is 3.72. The molecule has 2 aromatic rings. The van der Waals surface area contributed by atoms with E-state index >= 15 is 0 Å². The first-order valence-corrected chi connectivity index (χ1v) is 10.5. The fourth-order valence-electron chi connectivity index (χ4n) is 3.60. The lowest BCUT2D eigenvalue weighted by Crippen LogP contribution is -2.42. The molecule has 6 heteroatoms. The van der Waals surface area contributed by atoms with E-state index in [1.54, 1.807) is 24.3 Å². The molecular weight excluding hydrogens is 410 g/mol. The molecule has 1 amide bonds. The zero-order valence-electron chi connectivity index (χ0n) is 18.4. The van der Waals surface area contributed by atoms with Crippen LogP contribution < -0.4 is 15.0 Å². The first-order valence-electron chi connectivity index (χ1n) is 10.1. The van der Waals surface area contributed by atoms with Crippen LogP contribution in [0.1, 0.15) is 38.8 Å². The number of likely N-dealkylation sites (N-methyl/N-ethyl adjacent to an activating group) is 1. The molecule has 5 nitrogen and oxygen atoms in total. The molecule has 1 N–H and O–H groups in total. The van der Waals surface area contributed by atoms with Crippen LogP contribution in [-0.2, 0) is 4.79 Å². The lowest BCUT2D eigenvalue weighted by atomic mass is 9.88. The number of amides is 1. The van der Waals surface area contributed by atoms with Gasteiger partial charge in [0.05, 0.1) is 12.1 Å². The number of nitriles is 1. The zero-order chi connectivity index (χ0) is 22.8. The first kappa shape index (κ1) is 22.5. The van der Waals surface area contributed by atoms with Gasteiger partial charge in [-0.15, -0.1) is 0 Å². The van der Waals surface area contributed by atoms with E-state index in [0.29, 0.717) is 28.6 Å². The standard InChI is InChI=1S/C25H26ClN3O2/c1-6-31-20-9-7-19(8-10-20)28-24(30)18(15-27)11-17-12-21-16(2)14-25(3,4)29(5)23(21)13-22(17)26/h7-14H,6H2,1-5H3,(H,28,30)/b18-11-. The Hall–Kier alpha value is -3.23. The maximum atomic E-state index is 12.7. The number of rotatable bonds is 5. The third-order valence-corrected chi connectivity index (χ3v) is 5.75. The molecule has 0 aliphatic carbocycles. The molecule has 0 saturated carbocycles. The highest BCUT2D eigenvalue weighted by Crippen LogP contribution is 2.40. The van der Waals surface area contributed by atoms with Gasteiger partial charge in [0.2, 0.25) is 0 Å². The van der Waals surface area contributed by atoms with Crippen LogP contribution in [0.2, 0.25) is 5.02 Å². The highest BCUT2D eigenvalue weighted by Gasteiger charge is 2.29. The predicted molar refractivity (Wildman–Crippen MR) is 127 cm³/mol. The van der Waals surface area contributed by atoms with Crippen molar-refractivity contribution in [3.8, 4) is 11.8 Å². The maximum absolute atomic E-state index is 12.7. The van der Waals surface area contributed by atoms with E-state index in [2.05, 4.69) is 37.1 Å². The number of benzene rings is 2. The van der Waals surface area contributed by atoms with E-state index in [0.717, 1.165) is 16.8 Å². The summed E-state index contributed by atoms with van der Waals surface area (Å²) in [4.78, 5) is 14.8. The molecule has 160 valence electrons. The molecule has 0 unspecified atom stereocenters. The number of hydrogen-bond acceptors (Lipinski definition) is 4. The minimum Gasteiger partial charge on any atom is -0.494 e. The maximum Gasteiger partial charge on any atom is 0.266 e. The molecule has 1 aliphatic rings. The van der Waals surface area contributed by atoms with Gasteiger partial charge >= 0.3 is 0 Å². The average Bonchev–Trinajstić information content (AvgIpc) is 2.72. The molecule has 2 aromatic carbocycles. The van der Waals surface area contributed by atoms with E-state index in [4.69, 9.17) is 16.3 Å². The number of nitrogens with one attached hydrogen (secondary N) is 1. The molecule has 0 atom stereocenters. The second-order valence-electron chi connectivity index (χ2n) is 8.01. The Morgan fingerprint density at radius 3 is 2.58 bits per heavy atom. The summed E-state index contributed by atoms with van der Waals surface area (Å²) in [6, 6.07) is 12.8. The van der Waals surface area contributed by atoms with Gasteiger partial charge in [-0.2, -0.15) is 5.26 Å². The lowest BCUT2D eigenvalue weighted by Gasteiger charge is -2.40. The van der Waals surface area contributed by atoms with Crippen LogP contribution in [0.5, 0.6) is 5.75 Å². The summed E-state index contributed by atoms with van der Waals surface area (Å²) in [7, 11) is 2.03. The van der Waals surface area contributed by atoms with Gasteiger partial charge in [-0.05, 0) is 81.3 Å². The summed E-state index contributed by atoms with van der Waals surface area (Å²) < 4.78 is 5.40. The van der Waals surface area contributed by atoms with E-state index < -0.39 is 5.91 Å². The monoisotopic (exact) mass is 435 g/mol. The molecule has 0 aromatic heterocycles. The fraction of sp³-hybridized carbons (Fsp3) is 0.280. The number of nitrogens with zero attached hydrogens (tertiary/aromatic N) is 2. The van der Waals surface area contributed by atoms with Crippen molar-refractivity contribution in [2.45, 2.75) is 33.2 Å². The number of hydrogen-bond donors (Lipinski definition) is 1. The summed E-state index contributed by atoms with van der Waals surface area (Å²) in [5.74, 6) is 0.222. The molecule has 0 bridgehead atoms. The molecule has 31 heavy (non-hydrogen) atoms. The van der Waals surface area contributed by atoms with Gasteiger partial charge in [0.25, 0.3) is 5.91 Å². The SMILES string of the molecule is CCOc1ccc(NC(=O)/C(C#N)=C\c2cc3c(cc2Cl)N(C)C(C)(C)C=C3C)cc1. The quantitative estimate of drug-likeness (QED) is 0.468. The van der Waals surface area contributed by atoms with Crippen LogP contribution in [0.25, 0.3) is 11.6 Å². The number of halogens is 1. The van der Waals surface area contributed by atoms with Crippen molar-refractivity contribution in [3.63, 3.8) is 0 Å². The number of carbonyl (C=O) groups excluding carboxylic acids is 1. The Kier molecular flexibility index (Phi) is 6.42. The van der Waals surface area contributed by atoms with Crippen molar-refractivity contribution < 1.29 is 9.53 Å². The normalized spacial score (nSPS) is 14.9. The first-order chi connectivity index (χ1) is 14.7. The van der Waals surface area contributed by atoms with Crippen LogP contribution >= 0.6 is 11.6 Å². The molecule has 1 heterocycles. The Morgan fingerprint density at radius 2 is 1.97 bits per heavy atom. The molecule has 0 spiro atoms. The molecular formula is C25H26ClN3O2. The van der Waals surface area contributed by atoms with Gasteiger partial charge in [0.15, 0.2) is 0 Å². The Morgan fingerprint density at radius 1 is 1.29 bits per heavy atom. The van der Waals surface area contributed by atoms with Crippen molar-refractivity contribution in [1.82, 2.24) is 0 Å². The van der Waals surface area contributed by atoms with E-state index in [-0.39, 0.29) is 11.1 Å². The van der Waals surface area contributed by atoms with Gasteiger partial charge in [-0.1, -0.05) is 17.7 Å². The van der Waals surface area contributed by atoms with Gasteiger partial charge in [0, 0.05) is 29.0 Å². The molecule has 0 radical (unpaired) electrons. The zero-order valence-corrected chi connectivity index (χ0v) is 19.2. The highest BCUT2D eigenvalue weighted by molar-refractivity contribution is 6.32. The van der Waals surface area contributed by atoms with Crippen molar-refractivity contribution >= 4 is 40.5 Å². The Bertz CT molecular complexity index is 1110. The van der Waals surface area contributed by atoms with Crippen molar-refractivity contribution in [3.05, 3.63) is 64.2 Å². The minimum atomic E-state index is -0.494.